The van der Waals surface area contributed by atoms with Gasteiger partial charge >= 0.3 is 0 Å². The molecule has 4 nitrogen and oxygen atoms in total. The number of hydrogen-bond donors (Lipinski definition) is 0. The van der Waals surface area contributed by atoms with Crippen LogP contribution in [0.1, 0.15) is 0 Å². The van der Waals surface area contributed by atoms with Crippen LogP contribution in [0, 0.1) is 0 Å². The van der Waals surface area contributed by atoms with E-state index in [2.05, 4.69) is 176 Å². The van der Waals surface area contributed by atoms with E-state index in [1.54, 1.807) is 0 Å². The Morgan fingerprint density at radius 1 is 0.254 bits per heavy atom. The van der Waals surface area contributed by atoms with Gasteiger partial charge in [0.15, 0.2) is 17.5 Å². The average molecular weight is 754 g/mol. The van der Waals surface area contributed by atoms with Gasteiger partial charge in [-0.05, 0) is 92.4 Å². The smallest absolute Gasteiger partial charge is 0.164 e. The second-order valence-corrected chi connectivity index (χ2v) is 14.8. The summed E-state index contributed by atoms with van der Waals surface area (Å²) in [5, 5.41) is 4.30. The van der Waals surface area contributed by atoms with E-state index in [0.29, 0.717) is 17.5 Å². The lowest BCUT2D eigenvalue weighted by Gasteiger charge is -2.13. The quantitative estimate of drug-likeness (QED) is 0.163. The van der Waals surface area contributed by atoms with Gasteiger partial charge in [0.1, 0.15) is 11.2 Å². The Morgan fingerprint density at radius 3 is 1.31 bits per heavy atom. The molecule has 59 heavy (non-hydrogen) atoms. The van der Waals surface area contributed by atoms with E-state index in [-0.39, 0.29) is 0 Å². The van der Waals surface area contributed by atoms with Crippen LogP contribution in [0.3, 0.4) is 0 Å². The molecule has 0 aliphatic rings. The molecule has 11 rings (SSSR count). The van der Waals surface area contributed by atoms with E-state index in [4.69, 9.17) is 19.4 Å². The Labute approximate surface area is 341 Å². The highest BCUT2D eigenvalue weighted by molar-refractivity contribution is 6.19. The molecule has 0 unspecified atom stereocenters. The molecule has 0 radical (unpaired) electrons. The molecule has 0 aliphatic heterocycles. The minimum atomic E-state index is 0.582. The lowest BCUT2D eigenvalue weighted by molar-refractivity contribution is 0.673. The minimum Gasteiger partial charge on any atom is -0.455 e. The molecule has 0 saturated heterocycles. The van der Waals surface area contributed by atoms with E-state index in [1.807, 2.05) is 36.4 Å². The molecule has 0 atom stereocenters. The maximum Gasteiger partial charge on any atom is 0.164 e. The number of hydrogen-bond acceptors (Lipinski definition) is 4. The van der Waals surface area contributed by atoms with Gasteiger partial charge in [-0.25, -0.2) is 15.0 Å². The monoisotopic (exact) mass is 753 g/mol. The van der Waals surface area contributed by atoms with Gasteiger partial charge in [0.2, 0.25) is 0 Å². The highest BCUT2D eigenvalue weighted by atomic mass is 16.3. The number of nitrogens with zero attached hydrogens (tertiary/aromatic N) is 3. The number of fused-ring (bicyclic) bond motifs is 5. The second kappa shape index (κ2) is 14.5. The molecule has 0 fully saturated rings. The van der Waals surface area contributed by atoms with Crippen LogP contribution in [-0.4, -0.2) is 15.0 Å². The Kier molecular flexibility index (Phi) is 8.45. The van der Waals surface area contributed by atoms with Gasteiger partial charge in [-0.15, -0.1) is 0 Å². The summed E-state index contributed by atoms with van der Waals surface area (Å²) in [5.74, 6) is 1.81. The second-order valence-electron chi connectivity index (χ2n) is 14.8. The van der Waals surface area contributed by atoms with Crippen LogP contribution in [0.25, 0.3) is 111 Å². The molecule has 0 N–H and O–H groups in total. The van der Waals surface area contributed by atoms with Crippen molar-refractivity contribution in [3.05, 3.63) is 212 Å². The van der Waals surface area contributed by atoms with Crippen LogP contribution in [0.5, 0.6) is 0 Å². The van der Waals surface area contributed by atoms with Gasteiger partial charge in [-0.1, -0.05) is 170 Å². The normalized spacial score (nSPS) is 11.4. The number of aromatic nitrogens is 3. The van der Waals surface area contributed by atoms with E-state index in [1.165, 1.54) is 22.3 Å². The standard InChI is InChI=1S/C55H35N3O/c1-5-16-36(17-6-1)40-24-15-25-41(30-40)54-56-53(39-22-11-4-12-23-39)57-55(58-54)42-28-29-47-50-35-49(46-26-13-14-27-48(46)52(50)59-51(47)34-42)45-32-43(37-18-7-2-8-19-37)31-44(33-45)38-20-9-3-10-21-38/h1-35H. The highest BCUT2D eigenvalue weighted by Crippen LogP contribution is 2.42. The Bertz CT molecular complexity index is 3250. The Morgan fingerprint density at radius 2 is 0.695 bits per heavy atom. The molecular weight excluding hydrogens is 719 g/mol. The van der Waals surface area contributed by atoms with Crippen molar-refractivity contribution < 1.29 is 4.42 Å². The van der Waals surface area contributed by atoms with Gasteiger partial charge < -0.3 is 4.42 Å². The molecular formula is C55H35N3O. The summed E-state index contributed by atoms with van der Waals surface area (Å²) < 4.78 is 6.83. The summed E-state index contributed by atoms with van der Waals surface area (Å²) in [6.45, 7) is 0. The third-order valence-electron chi connectivity index (χ3n) is 11.1. The van der Waals surface area contributed by atoms with Crippen molar-refractivity contribution in [3.63, 3.8) is 0 Å². The van der Waals surface area contributed by atoms with Gasteiger partial charge in [0, 0.05) is 32.8 Å². The Hall–Kier alpha value is -7.95. The van der Waals surface area contributed by atoms with E-state index in [9.17, 15) is 0 Å². The summed E-state index contributed by atoms with van der Waals surface area (Å²) in [7, 11) is 0. The Balaban J connectivity index is 1.08. The molecule has 0 bridgehead atoms. The molecule has 9 aromatic carbocycles. The van der Waals surface area contributed by atoms with Gasteiger partial charge in [-0.2, -0.15) is 0 Å². The van der Waals surface area contributed by atoms with Crippen molar-refractivity contribution in [2.45, 2.75) is 0 Å². The number of benzene rings is 9. The predicted molar refractivity (Wildman–Crippen MR) is 243 cm³/mol. The first kappa shape index (κ1) is 34.3. The number of furan rings is 1. The fraction of sp³-hybridized carbons (Fsp3) is 0. The van der Waals surface area contributed by atoms with E-state index in [0.717, 1.165) is 71.7 Å². The SMILES string of the molecule is c1ccc(-c2cccc(-c3nc(-c4ccccc4)nc(-c4ccc5c(c4)oc4c6ccccc6c(-c6cc(-c7ccccc7)cc(-c7ccccc7)c6)cc54)n3)c2)cc1. The van der Waals surface area contributed by atoms with Crippen molar-refractivity contribution in [2.75, 3.05) is 0 Å². The van der Waals surface area contributed by atoms with Crippen molar-refractivity contribution in [2.24, 2.45) is 0 Å². The summed E-state index contributed by atoms with van der Waals surface area (Å²) in [6.07, 6.45) is 0. The van der Waals surface area contributed by atoms with Crippen molar-refractivity contribution >= 4 is 32.7 Å². The first-order valence-corrected chi connectivity index (χ1v) is 19.8. The summed E-state index contributed by atoms with van der Waals surface area (Å²) in [6, 6.07) is 74.2. The fourth-order valence-corrected chi connectivity index (χ4v) is 8.17. The zero-order valence-corrected chi connectivity index (χ0v) is 32.0. The van der Waals surface area contributed by atoms with Crippen molar-refractivity contribution in [1.29, 1.82) is 0 Å². The van der Waals surface area contributed by atoms with Crippen LogP contribution in [0.15, 0.2) is 217 Å². The molecule has 4 heteroatoms. The lowest BCUT2D eigenvalue weighted by Crippen LogP contribution is -2.00. The van der Waals surface area contributed by atoms with Crippen LogP contribution in [0.2, 0.25) is 0 Å². The van der Waals surface area contributed by atoms with E-state index >= 15 is 0 Å². The maximum atomic E-state index is 6.83. The third-order valence-corrected chi connectivity index (χ3v) is 11.1. The minimum absolute atomic E-state index is 0.582. The lowest BCUT2D eigenvalue weighted by atomic mass is 9.90. The van der Waals surface area contributed by atoms with Gasteiger partial charge in [-0.3, -0.25) is 0 Å². The predicted octanol–water partition coefficient (Wildman–Crippen LogP) is 14.6. The fourth-order valence-electron chi connectivity index (χ4n) is 8.17. The zero-order valence-electron chi connectivity index (χ0n) is 32.0. The molecule has 0 spiro atoms. The molecule has 0 saturated carbocycles. The van der Waals surface area contributed by atoms with Gasteiger partial charge in [0.05, 0.1) is 0 Å². The average Bonchev–Trinajstić information content (AvgIpc) is 3.70. The molecule has 0 aliphatic carbocycles. The van der Waals surface area contributed by atoms with Crippen LogP contribution in [0.4, 0.5) is 0 Å². The van der Waals surface area contributed by atoms with Crippen LogP contribution in [-0.2, 0) is 0 Å². The van der Waals surface area contributed by atoms with Crippen molar-refractivity contribution in [3.8, 4) is 78.7 Å². The highest BCUT2D eigenvalue weighted by Gasteiger charge is 2.19. The van der Waals surface area contributed by atoms with E-state index < -0.39 is 0 Å². The summed E-state index contributed by atoms with van der Waals surface area (Å²) >= 11 is 0. The maximum absolute atomic E-state index is 6.83. The van der Waals surface area contributed by atoms with Gasteiger partial charge in [0.25, 0.3) is 0 Å². The molecule has 276 valence electrons. The molecule has 2 heterocycles. The molecule has 11 aromatic rings. The third kappa shape index (κ3) is 6.43. The van der Waals surface area contributed by atoms with Crippen molar-refractivity contribution in [1.82, 2.24) is 15.0 Å². The topological polar surface area (TPSA) is 51.8 Å². The molecule has 0 amide bonds. The number of rotatable bonds is 7. The zero-order chi connectivity index (χ0) is 39.1. The van der Waals surface area contributed by atoms with Crippen LogP contribution >= 0.6 is 0 Å². The molecule has 2 aromatic heterocycles. The van der Waals surface area contributed by atoms with Crippen LogP contribution < -0.4 is 0 Å². The largest absolute Gasteiger partial charge is 0.455 e. The first-order chi connectivity index (χ1) is 29.2. The summed E-state index contributed by atoms with van der Waals surface area (Å²) in [4.78, 5) is 15.2. The summed E-state index contributed by atoms with van der Waals surface area (Å²) in [5.41, 5.74) is 13.6. The first-order valence-electron chi connectivity index (χ1n) is 19.8.